The lowest BCUT2D eigenvalue weighted by atomic mass is 10.1. The number of amides is 3. The van der Waals surface area contributed by atoms with Crippen LogP contribution in [-0.4, -0.2) is 32.7 Å². The highest BCUT2D eigenvalue weighted by molar-refractivity contribution is 8.01. The largest absolute Gasteiger partial charge is 0.322 e. The molecule has 2 heterocycles. The maximum atomic E-state index is 13.4. The number of benzene rings is 4. The van der Waals surface area contributed by atoms with Gasteiger partial charge in [0.25, 0.3) is 23.4 Å². The van der Waals surface area contributed by atoms with Crippen molar-refractivity contribution in [3.63, 3.8) is 0 Å². The van der Waals surface area contributed by atoms with E-state index in [2.05, 4.69) is 15.6 Å². The number of nitrogens with one attached hydrogen (secondary N) is 2. The molecule has 1 aliphatic heterocycles. The molecule has 47 heavy (non-hydrogen) atoms. The van der Waals surface area contributed by atoms with Crippen molar-refractivity contribution in [2.45, 2.75) is 23.1 Å². The number of carbonyl (C=O) groups excluding carboxylic acids is 3. The summed E-state index contributed by atoms with van der Waals surface area (Å²) in [6, 6.07) is 21.9. The number of carbonyl (C=O) groups is 3. The number of rotatable bonds is 7. The Morgan fingerprint density at radius 1 is 1.06 bits per heavy atom. The van der Waals surface area contributed by atoms with Gasteiger partial charge in [-0.05, 0) is 91.8 Å². The molecule has 234 valence electrons. The minimum Gasteiger partial charge on any atom is -0.322 e. The number of thiazole rings is 1. The van der Waals surface area contributed by atoms with Crippen molar-refractivity contribution in [2.75, 3.05) is 10.2 Å². The van der Waals surface area contributed by atoms with Gasteiger partial charge in [-0.2, -0.15) is 0 Å². The quantitative estimate of drug-likeness (QED) is 0.0580. The first-order valence-electron chi connectivity index (χ1n) is 13.9. The first-order chi connectivity index (χ1) is 22.5. The molecule has 1 fully saturated rings. The predicted octanol–water partition coefficient (Wildman–Crippen LogP) is 7.71. The average Bonchev–Trinajstić information content (AvgIpc) is 3.43. The van der Waals surface area contributed by atoms with Gasteiger partial charge in [-0.3, -0.25) is 34.7 Å². The molecule has 2 N–H and O–H groups in total. The van der Waals surface area contributed by atoms with E-state index >= 15 is 0 Å². The van der Waals surface area contributed by atoms with Crippen LogP contribution in [0, 0.1) is 24.0 Å². The van der Waals surface area contributed by atoms with Gasteiger partial charge >= 0.3 is 0 Å². The lowest BCUT2D eigenvalue weighted by Gasteiger charge is -2.29. The zero-order chi connectivity index (χ0) is 33.4. The number of hydrogen-bond donors (Lipinski definition) is 2. The molecule has 0 saturated carbocycles. The maximum Gasteiger partial charge on any atom is 0.283 e. The van der Waals surface area contributed by atoms with Crippen LogP contribution in [0.4, 0.5) is 17.1 Å². The molecule has 0 spiro atoms. The van der Waals surface area contributed by atoms with E-state index in [0.717, 1.165) is 32.5 Å². The molecule has 3 amide bonds. The van der Waals surface area contributed by atoms with Crippen LogP contribution < -0.4 is 15.5 Å². The highest BCUT2D eigenvalue weighted by Gasteiger charge is 2.35. The molecule has 14 heteroatoms. The van der Waals surface area contributed by atoms with Crippen LogP contribution in [0.1, 0.15) is 27.0 Å². The van der Waals surface area contributed by atoms with Crippen LogP contribution in [-0.2, 0) is 9.59 Å². The van der Waals surface area contributed by atoms with E-state index in [1.54, 1.807) is 60.7 Å². The minimum absolute atomic E-state index is 0.105. The highest BCUT2D eigenvalue weighted by Crippen LogP contribution is 2.40. The van der Waals surface area contributed by atoms with Crippen molar-refractivity contribution >= 4 is 103 Å². The fraction of sp³-hybridized carbons (Fsp3) is 0.0606. The van der Waals surface area contributed by atoms with E-state index in [1.165, 1.54) is 23.5 Å². The van der Waals surface area contributed by atoms with Gasteiger partial charge in [-0.15, -0.1) is 11.3 Å². The number of nitrogens with zero attached hydrogens (tertiary/aromatic N) is 3. The smallest absolute Gasteiger partial charge is 0.283 e. The van der Waals surface area contributed by atoms with Gasteiger partial charge < -0.3 is 5.32 Å². The Labute approximate surface area is 286 Å². The average molecular weight is 700 g/mol. The van der Waals surface area contributed by atoms with Crippen molar-refractivity contribution in [2.24, 2.45) is 0 Å². The lowest BCUT2D eigenvalue weighted by molar-refractivity contribution is -0.387. The Hall–Kier alpha value is -4.95. The molecule has 5 aromatic rings. The second-order valence-electron chi connectivity index (χ2n) is 10.5. The Bertz CT molecular complexity index is 2180. The maximum absolute atomic E-state index is 13.4. The molecule has 10 nitrogen and oxygen atoms in total. The van der Waals surface area contributed by atoms with E-state index < -0.39 is 16.7 Å². The first-order valence-corrected chi connectivity index (χ1v) is 16.3. The molecule has 4 aromatic carbocycles. The summed E-state index contributed by atoms with van der Waals surface area (Å²) in [6.07, 6.45) is 1.29. The van der Waals surface area contributed by atoms with Crippen LogP contribution in [0.2, 0.25) is 5.02 Å². The van der Waals surface area contributed by atoms with E-state index in [1.807, 2.05) is 26.0 Å². The fourth-order valence-corrected chi connectivity index (χ4v) is 7.26. The molecule has 0 aliphatic carbocycles. The summed E-state index contributed by atoms with van der Waals surface area (Å²) in [6.45, 7) is 3.76. The highest BCUT2D eigenvalue weighted by atomic mass is 35.5. The molecule has 0 bridgehead atoms. The molecule has 0 unspecified atom stereocenters. The van der Waals surface area contributed by atoms with Crippen LogP contribution in [0.15, 0.2) is 93.7 Å². The van der Waals surface area contributed by atoms with E-state index in [-0.39, 0.29) is 27.8 Å². The van der Waals surface area contributed by atoms with E-state index in [0.29, 0.717) is 36.7 Å². The number of aryl methyl sites for hydroxylation is 2. The molecule has 1 aliphatic rings. The zero-order valence-electron chi connectivity index (χ0n) is 24.6. The SMILES string of the molecule is Cc1ccc(C(=O)Nc2ccc3nc(Sc4ccc(/C=C5\C(=O)NC(=S)N(c6ccc(C)c(Cl)c6)C5=O)cc4[N+](=O)[O-])sc3c2)cc1. The second kappa shape index (κ2) is 13.0. The third-order valence-corrected chi connectivity index (χ3v) is 9.98. The van der Waals surface area contributed by atoms with Crippen LogP contribution >= 0.6 is 46.9 Å². The number of nitro groups is 1. The molecule has 1 aromatic heterocycles. The molecular formula is C33H22ClN5O5S3. The molecule has 1 saturated heterocycles. The predicted molar refractivity (Wildman–Crippen MR) is 188 cm³/mol. The van der Waals surface area contributed by atoms with Gasteiger partial charge in [-0.25, -0.2) is 4.98 Å². The van der Waals surface area contributed by atoms with Gasteiger partial charge in [0.15, 0.2) is 9.45 Å². The molecule has 6 rings (SSSR count). The fourth-order valence-electron chi connectivity index (χ4n) is 4.66. The van der Waals surface area contributed by atoms with Crippen LogP contribution in [0.5, 0.6) is 0 Å². The van der Waals surface area contributed by atoms with Crippen LogP contribution in [0.25, 0.3) is 16.3 Å². The van der Waals surface area contributed by atoms with Gasteiger partial charge in [0.05, 0.1) is 25.7 Å². The standard InChI is InChI=1S/C33H22ClN5O5S3/c1-17-3-7-20(8-4-17)29(40)35-21-9-11-25-28(15-21)47-33(36-25)46-27-12-6-19(14-26(27)39(43)44)13-23-30(41)37-32(45)38(31(23)42)22-10-5-18(2)24(34)16-22/h3-16H,1-2H3,(H,35,40)(H,37,41,45)/b23-13+. The Balaban J connectivity index is 1.24. The first kappa shape index (κ1) is 32.0. The number of anilines is 2. The molecular weight excluding hydrogens is 678 g/mol. The van der Waals surface area contributed by atoms with E-state index in [4.69, 9.17) is 23.8 Å². The summed E-state index contributed by atoms with van der Waals surface area (Å²) in [5.74, 6) is -1.65. The van der Waals surface area contributed by atoms with Gasteiger partial charge in [0, 0.05) is 22.3 Å². The lowest BCUT2D eigenvalue weighted by Crippen LogP contribution is -2.54. The van der Waals surface area contributed by atoms with Gasteiger partial charge in [0.2, 0.25) is 0 Å². The van der Waals surface area contributed by atoms with Crippen molar-refractivity contribution in [3.8, 4) is 0 Å². The summed E-state index contributed by atoms with van der Waals surface area (Å²) < 4.78 is 1.34. The summed E-state index contributed by atoms with van der Waals surface area (Å²) in [4.78, 5) is 56.5. The second-order valence-corrected chi connectivity index (χ2v) is 13.6. The van der Waals surface area contributed by atoms with E-state index in [9.17, 15) is 24.5 Å². The van der Waals surface area contributed by atoms with Crippen molar-refractivity contribution in [1.82, 2.24) is 10.3 Å². The summed E-state index contributed by atoms with van der Waals surface area (Å²) >= 11 is 13.9. The third-order valence-electron chi connectivity index (χ3n) is 7.14. The zero-order valence-corrected chi connectivity index (χ0v) is 27.8. The van der Waals surface area contributed by atoms with Crippen molar-refractivity contribution in [3.05, 3.63) is 122 Å². The number of hydrogen-bond acceptors (Lipinski definition) is 9. The van der Waals surface area contributed by atoms with Crippen molar-refractivity contribution < 1.29 is 19.3 Å². The minimum atomic E-state index is -0.723. The Morgan fingerprint density at radius 3 is 2.55 bits per heavy atom. The Morgan fingerprint density at radius 2 is 1.83 bits per heavy atom. The summed E-state index contributed by atoms with van der Waals surface area (Å²) in [5.41, 5.74) is 3.83. The van der Waals surface area contributed by atoms with Crippen LogP contribution in [0.3, 0.4) is 0 Å². The number of thiocarbonyl (C=S) groups is 1. The molecule has 0 atom stereocenters. The number of halogens is 1. The normalized spacial score (nSPS) is 14.1. The third kappa shape index (κ3) is 6.79. The van der Waals surface area contributed by atoms with Crippen molar-refractivity contribution in [1.29, 1.82) is 0 Å². The number of aromatic nitrogens is 1. The number of nitro benzene ring substituents is 1. The summed E-state index contributed by atoms with van der Waals surface area (Å²) in [7, 11) is 0. The summed E-state index contributed by atoms with van der Waals surface area (Å²) in [5, 5.41) is 17.8. The topological polar surface area (TPSA) is 135 Å². The molecule has 0 radical (unpaired) electrons. The van der Waals surface area contributed by atoms with Gasteiger partial charge in [0.1, 0.15) is 5.57 Å². The number of fused-ring (bicyclic) bond motifs is 1. The van der Waals surface area contributed by atoms with Gasteiger partial charge in [-0.1, -0.05) is 53.2 Å². The Kier molecular flexibility index (Phi) is 8.88. The monoisotopic (exact) mass is 699 g/mol.